The zero-order valence-corrected chi connectivity index (χ0v) is 12.9. The Balaban J connectivity index is 0.00000144. The largest absolute Gasteiger partial charge is 0.107 e. The number of hydrogen-bond donors (Lipinski definition) is 0. The summed E-state index contributed by atoms with van der Waals surface area (Å²) in [7, 11) is 0. The van der Waals surface area contributed by atoms with Gasteiger partial charge >= 0.3 is 0 Å². The number of halogens is 1. The van der Waals surface area contributed by atoms with Crippen LogP contribution in [0, 0.1) is 6.92 Å². The van der Waals surface area contributed by atoms with Crippen molar-refractivity contribution in [3.05, 3.63) is 59.7 Å². The second-order valence-electron chi connectivity index (χ2n) is 4.64. The highest BCUT2D eigenvalue weighted by atomic mass is 127. The summed E-state index contributed by atoms with van der Waals surface area (Å²) in [5, 5.41) is 0. The number of hydrogen-bond acceptors (Lipinski definition) is 0. The lowest BCUT2D eigenvalue weighted by Crippen LogP contribution is -1.86. The standard InChI is InChI=1S/C16H18.HI/c1-12(2)14-8-10-16(11-9-14)15-6-4-13(3)5-7-15;/h4-12H,1-3H3;1H. The second-order valence-corrected chi connectivity index (χ2v) is 4.64. The molecule has 0 atom stereocenters. The van der Waals surface area contributed by atoms with Crippen molar-refractivity contribution in [2.45, 2.75) is 26.7 Å². The summed E-state index contributed by atoms with van der Waals surface area (Å²) in [5.74, 6) is 0.604. The predicted octanol–water partition coefficient (Wildman–Crippen LogP) is 5.40. The third-order valence-electron chi connectivity index (χ3n) is 2.96. The molecule has 0 radical (unpaired) electrons. The summed E-state index contributed by atoms with van der Waals surface area (Å²) in [4.78, 5) is 0. The first-order valence-electron chi connectivity index (χ1n) is 5.84. The van der Waals surface area contributed by atoms with E-state index >= 15 is 0 Å². The van der Waals surface area contributed by atoms with Gasteiger partial charge in [0, 0.05) is 0 Å². The first-order valence-corrected chi connectivity index (χ1v) is 5.84. The Bertz CT molecular complexity index is 452. The lowest BCUT2D eigenvalue weighted by atomic mass is 9.98. The minimum Gasteiger partial charge on any atom is -0.107 e. The predicted molar refractivity (Wildman–Crippen MR) is 86.1 cm³/mol. The van der Waals surface area contributed by atoms with E-state index in [-0.39, 0.29) is 24.0 Å². The summed E-state index contributed by atoms with van der Waals surface area (Å²) in [6, 6.07) is 17.5. The second kappa shape index (κ2) is 6.20. The zero-order chi connectivity index (χ0) is 11.5. The summed E-state index contributed by atoms with van der Waals surface area (Å²) in [5.41, 5.74) is 5.30. The van der Waals surface area contributed by atoms with Crippen LogP contribution in [-0.2, 0) is 0 Å². The molecule has 2 aromatic rings. The topological polar surface area (TPSA) is 0 Å². The maximum atomic E-state index is 2.22. The van der Waals surface area contributed by atoms with Crippen molar-refractivity contribution in [3.8, 4) is 11.1 Å². The average Bonchev–Trinajstić information content (AvgIpc) is 2.30. The molecule has 0 heterocycles. The fourth-order valence-electron chi connectivity index (χ4n) is 1.81. The summed E-state index contributed by atoms with van der Waals surface area (Å²) < 4.78 is 0. The molecule has 0 saturated carbocycles. The molecule has 0 nitrogen and oxygen atoms in total. The van der Waals surface area contributed by atoms with Gasteiger partial charge in [-0.3, -0.25) is 0 Å². The molecule has 90 valence electrons. The van der Waals surface area contributed by atoms with Crippen LogP contribution in [0.15, 0.2) is 48.5 Å². The lowest BCUT2D eigenvalue weighted by molar-refractivity contribution is 0.867. The summed E-state index contributed by atoms with van der Waals surface area (Å²) >= 11 is 0. The number of benzene rings is 2. The maximum Gasteiger partial charge on any atom is -0.0184 e. The molecule has 0 aliphatic heterocycles. The minimum absolute atomic E-state index is 0. The Kier molecular flexibility index (Phi) is 5.19. The Morgan fingerprint density at radius 1 is 0.706 bits per heavy atom. The molecule has 0 saturated heterocycles. The van der Waals surface area contributed by atoms with E-state index in [0.29, 0.717) is 5.92 Å². The normalized spacial score (nSPS) is 10.1. The van der Waals surface area contributed by atoms with Gasteiger partial charge in [0.05, 0.1) is 0 Å². The van der Waals surface area contributed by atoms with E-state index in [1.54, 1.807) is 0 Å². The van der Waals surface area contributed by atoms with Gasteiger partial charge in [0.1, 0.15) is 0 Å². The Labute approximate surface area is 121 Å². The van der Waals surface area contributed by atoms with Crippen molar-refractivity contribution in [3.63, 3.8) is 0 Å². The molecule has 0 amide bonds. The van der Waals surface area contributed by atoms with Gasteiger partial charge in [-0.15, -0.1) is 24.0 Å². The van der Waals surface area contributed by atoms with Crippen LogP contribution in [0.2, 0.25) is 0 Å². The van der Waals surface area contributed by atoms with E-state index in [4.69, 9.17) is 0 Å². The third-order valence-corrected chi connectivity index (χ3v) is 2.96. The third kappa shape index (κ3) is 3.56. The van der Waals surface area contributed by atoms with E-state index in [1.165, 1.54) is 22.3 Å². The monoisotopic (exact) mass is 338 g/mol. The van der Waals surface area contributed by atoms with E-state index in [0.717, 1.165) is 0 Å². The number of rotatable bonds is 2. The van der Waals surface area contributed by atoms with E-state index in [9.17, 15) is 0 Å². The van der Waals surface area contributed by atoms with Crippen molar-refractivity contribution >= 4 is 24.0 Å². The van der Waals surface area contributed by atoms with Crippen LogP contribution in [-0.4, -0.2) is 0 Å². The Morgan fingerprint density at radius 3 is 1.53 bits per heavy atom. The molecular formula is C16H19I. The molecule has 17 heavy (non-hydrogen) atoms. The van der Waals surface area contributed by atoms with Crippen molar-refractivity contribution in [1.82, 2.24) is 0 Å². The molecule has 2 rings (SSSR count). The quantitative estimate of drug-likeness (QED) is 0.643. The highest BCUT2D eigenvalue weighted by Crippen LogP contribution is 2.22. The molecule has 1 heteroatoms. The molecule has 0 fully saturated rings. The zero-order valence-electron chi connectivity index (χ0n) is 10.6. The Morgan fingerprint density at radius 2 is 1.12 bits per heavy atom. The van der Waals surface area contributed by atoms with Crippen molar-refractivity contribution < 1.29 is 0 Å². The van der Waals surface area contributed by atoms with Gasteiger partial charge in [-0.25, -0.2) is 0 Å². The van der Waals surface area contributed by atoms with E-state index in [2.05, 4.69) is 69.3 Å². The van der Waals surface area contributed by atoms with Crippen LogP contribution in [0.4, 0.5) is 0 Å². The highest BCUT2D eigenvalue weighted by molar-refractivity contribution is 14.0. The lowest BCUT2D eigenvalue weighted by Gasteiger charge is -2.07. The summed E-state index contributed by atoms with van der Waals surface area (Å²) in [6.07, 6.45) is 0. The van der Waals surface area contributed by atoms with Crippen LogP contribution in [0.3, 0.4) is 0 Å². The van der Waals surface area contributed by atoms with Gasteiger partial charge in [-0.05, 0) is 29.5 Å². The van der Waals surface area contributed by atoms with Gasteiger partial charge in [0.2, 0.25) is 0 Å². The van der Waals surface area contributed by atoms with Crippen molar-refractivity contribution in [2.75, 3.05) is 0 Å². The molecule has 0 aliphatic rings. The molecule has 0 N–H and O–H groups in total. The molecule has 2 aromatic carbocycles. The van der Waals surface area contributed by atoms with Crippen molar-refractivity contribution in [1.29, 1.82) is 0 Å². The van der Waals surface area contributed by atoms with Crippen LogP contribution in [0.1, 0.15) is 30.9 Å². The van der Waals surface area contributed by atoms with Crippen LogP contribution in [0.5, 0.6) is 0 Å². The van der Waals surface area contributed by atoms with E-state index < -0.39 is 0 Å². The van der Waals surface area contributed by atoms with Crippen LogP contribution < -0.4 is 0 Å². The summed E-state index contributed by atoms with van der Waals surface area (Å²) in [6.45, 7) is 6.56. The minimum atomic E-state index is 0. The molecule has 0 unspecified atom stereocenters. The molecule has 0 aliphatic carbocycles. The fraction of sp³-hybridized carbons (Fsp3) is 0.250. The highest BCUT2D eigenvalue weighted by Gasteiger charge is 2.00. The van der Waals surface area contributed by atoms with Crippen molar-refractivity contribution in [2.24, 2.45) is 0 Å². The smallest absolute Gasteiger partial charge is 0.0184 e. The van der Waals surface area contributed by atoms with Gasteiger partial charge < -0.3 is 0 Å². The van der Waals surface area contributed by atoms with Gasteiger partial charge in [-0.2, -0.15) is 0 Å². The number of aryl methyl sites for hydroxylation is 1. The molecule has 0 bridgehead atoms. The van der Waals surface area contributed by atoms with Crippen LogP contribution in [0.25, 0.3) is 11.1 Å². The van der Waals surface area contributed by atoms with Gasteiger partial charge in [0.25, 0.3) is 0 Å². The SMILES string of the molecule is Cc1ccc(-c2ccc(C(C)C)cc2)cc1.I. The molecule has 0 aromatic heterocycles. The van der Waals surface area contributed by atoms with Gasteiger partial charge in [0.15, 0.2) is 0 Å². The molecular weight excluding hydrogens is 319 g/mol. The fourth-order valence-corrected chi connectivity index (χ4v) is 1.81. The van der Waals surface area contributed by atoms with Gasteiger partial charge in [-0.1, -0.05) is 67.9 Å². The first-order chi connectivity index (χ1) is 7.66. The van der Waals surface area contributed by atoms with E-state index in [1.807, 2.05) is 0 Å². The average molecular weight is 338 g/mol. The molecule has 0 spiro atoms. The Hall–Kier alpha value is -0.830. The van der Waals surface area contributed by atoms with Crippen LogP contribution >= 0.6 is 24.0 Å². The first kappa shape index (κ1) is 14.2. The maximum absolute atomic E-state index is 2.22.